The van der Waals surface area contributed by atoms with E-state index in [1.54, 1.807) is 6.20 Å². The predicted octanol–water partition coefficient (Wildman–Crippen LogP) is 1.68. The lowest BCUT2D eigenvalue weighted by Gasteiger charge is -2.01. The number of nitrogens with zero attached hydrogens (tertiary/aromatic N) is 2. The highest BCUT2D eigenvalue weighted by atomic mass is 16.1. The molecule has 0 aromatic carbocycles. The first-order valence-electron chi connectivity index (χ1n) is 5.69. The lowest BCUT2D eigenvalue weighted by molar-refractivity contribution is 0.984. The first kappa shape index (κ1) is 8.92. The average molecular weight is 226 g/mol. The van der Waals surface area contributed by atoms with Crippen LogP contribution in [0.3, 0.4) is 0 Å². The molecule has 0 radical (unpaired) electrons. The van der Waals surface area contributed by atoms with E-state index in [2.05, 4.69) is 19.9 Å². The molecule has 1 saturated carbocycles. The topological polar surface area (TPSA) is 74.4 Å². The highest BCUT2D eigenvalue weighted by molar-refractivity contribution is 6.00. The Morgan fingerprint density at radius 3 is 3.06 bits per heavy atom. The highest BCUT2D eigenvalue weighted by Gasteiger charge is 2.28. The van der Waals surface area contributed by atoms with E-state index in [9.17, 15) is 4.79 Å². The zero-order valence-electron chi connectivity index (χ0n) is 9.03. The molecule has 0 saturated heterocycles. The molecule has 0 bridgehead atoms. The van der Waals surface area contributed by atoms with Crippen molar-refractivity contribution in [1.82, 2.24) is 19.9 Å². The van der Waals surface area contributed by atoms with Gasteiger partial charge in [0.25, 0.3) is 5.56 Å². The summed E-state index contributed by atoms with van der Waals surface area (Å²) in [6.07, 6.45) is 5.66. The number of rotatable bonds is 1. The number of pyridine rings is 1. The molecule has 1 aliphatic rings. The zero-order chi connectivity index (χ0) is 11.4. The fraction of sp³-hybridized carbons (Fsp3) is 0.250. The van der Waals surface area contributed by atoms with E-state index in [0.29, 0.717) is 11.6 Å². The Hall–Kier alpha value is -2.17. The van der Waals surface area contributed by atoms with Crippen LogP contribution in [0.15, 0.2) is 23.3 Å². The van der Waals surface area contributed by atoms with Gasteiger partial charge in [0.15, 0.2) is 0 Å². The Morgan fingerprint density at radius 1 is 1.35 bits per heavy atom. The fourth-order valence-electron chi connectivity index (χ4n) is 2.21. The number of hydrogen-bond acceptors (Lipinski definition) is 3. The molecule has 1 aliphatic carbocycles. The monoisotopic (exact) mass is 226 g/mol. The van der Waals surface area contributed by atoms with Crippen molar-refractivity contribution < 1.29 is 0 Å². The molecule has 3 aromatic rings. The van der Waals surface area contributed by atoms with Crippen molar-refractivity contribution in [3.05, 3.63) is 34.5 Å². The van der Waals surface area contributed by atoms with Gasteiger partial charge in [-0.15, -0.1) is 0 Å². The van der Waals surface area contributed by atoms with Crippen molar-refractivity contribution >= 4 is 22.1 Å². The van der Waals surface area contributed by atoms with Crippen molar-refractivity contribution in [2.75, 3.05) is 0 Å². The molecule has 84 valence electrons. The van der Waals surface area contributed by atoms with E-state index in [0.717, 1.165) is 34.9 Å². The normalized spacial score (nSPS) is 15.8. The minimum atomic E-state index is -0.0614. The second kappa shape index (κ2) is 2.94. The standard InChI is InChI=1S/C12H10N4O/c17-12-9(6-1-2-6)15-8-5-14-11-7(3-4-13-11)10(8)16-12/h3-6H,1-2H2,(H,13,14)(H,16,17). The summed E-state index contributed by atoms with van der Waals surface area (Å²) >= 11 is 0. The SMILES string of the molecule is O=c1[nH]c2c(cnc3[nH]ccc32)nc1C1CC1. The first-order chi connectivity index (χ1) is 8.33. The van der Waals surface area contributed by atoms with Gasteiger partial charge < -0.3 is 9.97 Å². The Bertz CT molecular complexity index is 782. The molecule has 0 aliphatic heterocycles. The number of fused-ring (bicyclic) bond motifs is 3. The minimum Gasteiger partial charge on any atom is -0.346 e. The lowest BCUT2D eigenvalue weighted by atomic mass is 10.2. The van der Waals surface area contributed by atoms with Gasteiger partial charge in [-0.05, 0) is 18.9 Å². The van der Waals surface area contributed by atoms with Crippen LogP contribution in [-0.4, -0.2) is 19.9 Å². The summed E-state index contributed by atoms with van der Waals surface area (Å²) in [5, 5.41) is 0.912. The molecule has 17 heavy (non-hydrogen) atoms. The van der Waals surface area contributed by atoms with Gasteiger partial charge in [-0.25, -0.2) is 9.97 Å². The summed E-state index contributed by atoms with van der Waals surface area (Å²) in [5.41, 5.74) is 2.90. The number of aromatic amines is 2. The molecule has 3 heterocycles. The molecule has 5 nitrogen and oxygen atoms in total. The van der Waals surface area contributed by atoms with Crippen molar-refractivity contribution in [1.29, 1.82) is 0 Å². The maximum absolute atomic E-state index is 11.9. The van der Waals surface area contributed by atoms with Crippen LogP contribution in [0.4, 0.5) is 0 Å². The first-order valence-corrected chi connectivity index (χ1v) is 5.69. The van der Waals surface area contributed by atoms with Crippen LogP contribution in [0.5, 0.6) is 0 Å². The van der Waals surface area contributed by atoms with Crippen LogP contribution in [-0.2, 0) is 0 Å². The van der Waals surface area contributed by atoms with Crippen LogP contribution in [0.25, 0.3) is 22.1 Å². The predicted molar refractivity (Wildman–Crippen MR) is 64.0 cm³/mol. The summed E-state index contributed by atoms with van der Waals surface area (Å²) in [6, 6.07) is 1.90. The van der Waals surface area contributed by atoms with Crippen molar-refractivity contribution in [2.24, 2.45) is 0 Å². The molecule has 0 spiro atoms. The second-order valence-electron chi connectivity index (χ2n) is 4.48. The molecular weight excluding hydrogens is 216 g/mol. The van der Waals surface area contributed by atoms with E-state index >= 15 is 0 Å². The van der Waals surface area contributed by atoms with Gasteiger partial charge in [0.2, 0.25) is 0 Å². The Morgan fingerprint density at radius 2 is 2.24 bits per heavy atom. The zero-order valence-corrected chi connectivity index (χ0v) is 9.03. The van der Waals surface area contributed by atoms with Crippen molar-refractivity contribution in [2.45, 2.75) is 18.8 Å². The molecule has 5 heteroatoms. The second-order valence-corrected chi connectivity index (χ2v) is 4.48. The molecule has 1 fully saturated rings. The van der Waals surface area contributed by atoms with Gasteiger partial charge in [-0.2, -0.15) is 0 Å². The summed E-state index contributed by atoms with van der Waals surface area (Å²) in [6.45, 7) is 0. The number of nitrogens with one attached hydrogen (secondary N) is 2. The fourth-order valence-corrected chi connectivity index (χ4v) is 2.21. The van der Waals surface area contributed by atoms with E-state index < -0.39 is 0 Å². The Kier molecular flexibility index (Phi) is 1.54. The van der Waals surface area contributed by atoms with Gasteiger partial charge >= 0.3 is 0 Å². The molecule has 4 rings (SSSR count). The van der Waals surface area contributed by atoms with Crippen LogP contribution in [0.2, 0.25) is 0 Å². The van der Waals surface area contributed by atoms with Gasteiger partial charge in [-0.3, -0.25) is 4.79 Å². The third-order valence-electron chi connectivity index (χ3n) is 3.24. The third kappa shape index (κ3) is 1.22. The van der Waals surface area contributed by atoms with Crippen molar-refractivity contribution in [3.8, 4) is 0 Å². The molecule has 0 amide bonds. The summed E-state index contributed by atoms with van der Waals surface area (Å²) in [4.78, 5) is 26.6. The quantitative estimate of drug-likeness (QED) is 0.662. The molecule has 0 atom stereocenters. The van der Waals surface area contributed by atoms with Crippen LogP contribution >= 0.6 is 0 Å². The molecule has 0 unspecified atom stereocenters. The van der Waals surface area contributed by atoms with Gasteiger partial charge in [0, 0.05) is 17.5 Å². The highest BCUT2D eigenvalue weighted by Crippen LogP contribution is 2.37. The van der Waals surface area contributed by atoms with E-state index in [1.807, 2.05) is 12.3 Å². The number of hydrogen-bond donors (Lipinski definition) is 2. The molecule has 2 N–H and O–H groups in total. The molecule has 3 aromatic heterocycles. The maximum atomic E-state index is 11.9. The molecular formula is C12H10N4O. The van der Waals surface area contributed by atoms with E-state index in [-0.39, 0.29) is 5.56 Å². The Balaban J connectivity index is 2.14. The van der Waals surface area contributed by atoms with Crippen LogP contribution in [0.1, 0.15) is 24.5 Å². The summed E-state index contributed by atoms with van der Waals surface area (Å²) in [7, 11) is 0. The largest absolute Gasteiger partial charge is 0.346 e. The summed E-state index contributed by atoms with van der Waals surface area (Å²) < 4.78 is 0. The number of aromatic nitrogens is 4. The van der Waals surface area contributed by atoms with Crippen molar-refractivity contribution in [3.63, 3.8) is 0 Å². The van der Waals surface area contributed by atoms with E-state index in [4.69, 9.17) is 0 Å². The smallest absolute Gasteiger partial charge is 0.270 e. The van der Waals surface area contributed by atoms with Crippen LogP contribution in [0, 0.1) is 0 Å². The number of H-pyrrole nitrogens is 2. The lowest BCUT2D eigenvalue weighted by Crippen LogP contribution is -2.14. The van der Waals surface area contributed by atoms with Gasteiger partial charge in [-0.1, -0.05) is 0 Å². The van der Waals surface area contributed by atoms with Gasteiger partial charge in [0.05, 0.1) is 11.7 Å². The van der Waals surface area contributed by atoms with Crippen LogP contribution < -0.4 is 5.56 Å². The Labute approximate surface area is 95.9 Å². The maximum Gasteiger partial charge on any atom is 0.270 e. The third-order valence-corrected chi connectivity index (χ3v) is 3.24. The minimum absolute atomic E-state index is 0.0614. The van der Waals surface area contributed by atoms with E-state index in [1.165, 1.54) is 0 Å². The average Bonchev–Trinajstić information content (AvgIpc) is 3.05. The summed E-state index contributed by atoms with van der Waals surface area (Å²) in [5.74, 6) is 0.352. The van der Waals surface area contributed by atoms with Gasteiger partial charge in [0.1, 0.15) is 16.9 Å².